The molecular formula is C19H31N5O5. The van der Waals surface area contributed by atoms with Crippen LogP contribution in [0.25, 0.3) is 0 Å². The highest BCUT2D eigenvalue weighted by Crippen LogP contribution is 2.35. The van der Waals surface area contributed by atoms with Crippen LogP contribution in [0.3, 0.4) is 0 Å². The van der Waals surface area contributed by atoms with Crippen molar-refractivity contribution < 1.29 is 24.5 Å². The van der Waals surface area contributed by atoms with E-state index in [1.807, 2.05) is 0 Å². The molecule has 1 unspecified atom stereocenters. The van der Waals surface area contributed by atoms with E-state index in [1.165, 1.54) is 0 Å². The van der Waals surface area contributed by atoms with E-state index in [9.17, 15) is 15.0 Å². The van der Waals surface area contributed by atoms with Gasteiger partial charge in [0.1, 0.15) is 17.6 Å². The largest absolute Gasteiger partial charge is 0.436 e. The van der Waals surface area contributed by atoms with Crippen LogP contribution in [0.1, 0.15) is 45.0 Å². The van der Waals surface area contributed by atoms with Crippen molar-refractivity contribution in [3.05, 3.63) is 17.5 Å². The summed E-state index contributed by atoms with van der Waals surface area (Å²) in [5.74, 6) is -0.138. The van der Waals surface area contributed by atoms with Crippen molar-refractivity contribution in [2.24, 2.45) is 21.1 Å². The molecule has 0 aliphatic carbocycles. The summed E-state index contributed by atoms with van der Waals surface area (Å²) in [6.07, 6.45) is -1.36. The molecular weight excluding hydrogens is 378 g/mol. The van der Waals surface area contributed by atoms with Crippen LogP contribution in [0, 0.1) is 5.41 Å². The number of esters is 1. The number of carbonyl (C=O) groups is 1. The molecule has 1 saturated heterocycles. The van der Waals surface area contributed by atoms with Gasteiger partial charge in [0.25, 0.3) is 0 Å². The van der Waals surface area contributed by atoms with Gasteiger partial charge in [-0.2, -0.15) is 0 Å². The quantitative estimate of drug-likeness (QED) is 0.189. The lowest BCUT2D eigenvalue weighted by Crippen LogP contribution is -2.39. The molecule has 1 aliphatic rings. The number of aromatic nitrogens is 1. The summed E-state index contributed by atoms with van der Waals surface area (Å²) >= 11 is 0. The fourth-order valence-corrected chi connectivity index (χ4v) is 3.03. The molecule has 1 aromatic rings. The highest BCUT2D eigenvalue weighted by atomic mass is 16.7. The number of H-pyrrole nitrogens is 1. The molecule has 1 fully saturated rings. The minimum absolute atomic E-state index is 0.0278. The third kappa shape index (κ3) is 5.02. The molecule has 10 nitrogen and oxygen atoms in total. The first-order chi connectivity index (χ1) is 13.5. The van der Waals surface area contributed by atoms with Crippen LogP contribution in [0.2, 0.25) is 0 Å². The van der Waals surface area contributed by atoms with Gasteiger partial charge in [-0.05, 0) is 34.4 Å². The van der Waals surface area contributed by atoms with Gasteiger partial charge in [0.2, 0.25) is 0 Å². The van der Waals surface area contributed by atoms with E-state index in [2.05, 4.69) is 27.0 Å². The van der Waals surface area contributed by atoms with Crippen molar-refractivity contribution in [1.29, 1.82) is 0 Å². The fourth-order valence-electron chi connectivity index (χ4n) is 3.03. The molecule has 2 rings (SSSR count). The van der Waals surface area contributed by atoms with E-state index in [4.69, 9.17) is 15.2 Å². The van der Waals surface area contributed by atoms with Crippen molar-refractivity contribution in [3.63, 3.8) is 0 Å². The Labute approximate surface area is 170 Å². The monoisotopic (exact) mass is 409 g/mol. The molecule has 0 spiro atoms. The summed E-state index contributed by atoms with van der Waals surface area (Å²) < 4.78 is 10.8. The molecule has 2 heterocycles. The Bertz CT molecular complexity index is 770. The third-order valence-electron chi connectivity index (χ3n) is 4.77. The number of aliphatic imine (C=N–C) groups is 2. The second-order valence-corrected chi connectivity index (χ2v) is 8.02. The van der Waals surface area contributed by atoms with E-state index in [0.29, 0.717) is 16.9 Å². The first-order valence-corrected chi connectivity index (χ1v) is 9.36. The number of rotatable bonds is 7. The van der Waals surface area contributed by atoms with Crippen LogP contribution in [0.5, 0.6) is 0 Å². The Morgan fingerprint density at radius 1 is 1.38 bits per heavy atom. The maximum absolute atomic E-state index is 11.9. The number of hydrogen-bond acceptors (Lipinski definition) is 8. The fraction of sp³-hybridized carbons (Fsp3) is 0.632. The van der Waals surface area contributed by atoms with Crippen molar-refractivity contribution in [3.8, 4) is 0 Å². The van der Waals surface area contributed by atoms with Crippen LogP contribution in [-0.2, 0) is 14.3 Å². The Morgan fingerprint density at radius 2 is 2.03 bits per heavy atom. The molecule has 1 aliphatic heterocycles. The van der Waals surface area contributed by atoms with Crippen LogP contribution >= 0.6 is 0 Å². The predicted molar refractivity (Wildman–Crippen MR) is 109 cm³/mol. The zero-order chi connectivity index (χ0) is 21.9. The number of aromatic amines is 1. The number of nitrogens with two attached hydrogens (primary N) is 1. The molecule has 0 saturated carbocycles. The number of aliphatic hydroxyl groups is 2. The molecule has 0 aromatic carbocycles. The summed E-state index contributed by atoms with van der Waals surface area (Å²) in [5.41, 5.74) is 6.75. The molecule has 1 aromatic heterocycles. The van der Waals surface area contributed by atoms with Gasteiger partial charge in [-0.3, -0.25) is 14.8 Å². The van der Waals surface area contributed by atoms with Crippen molar-refractivity contribution in [2.75, 3.05) is 13.7 Å². The highest BCUT2D eigenvalue weighted by Gasteiger charge is 2.43. The number of nitrogens with one attached hydrogen (secondary N) is 2. The molecule has 0 bridgehead atoms. The number of hydrogen-bond donors (Lipinski definition) is 5. The van der Waals surface area contributed by atoms with Crippen LogP contribution < -0.4 is 11.1 Å². The molecule has 0 radical (unpaired) electrons. The van der Waals surface area contributed by atoms with Crippen LogP contribution in [0.15, 0.2) is 16.2 Å². The topological polar surface area (TPSA) is 155 Å². The molecule has 5 atom stereocenters. The third-order valence-corrected chi connectivity index (χ3v) is 4.77. The zero-order valence-electron chi connectivity index (χ0n) is 17.5. The summed E-state index contributed by atoms with van der Waals surface area (Å²) in [6, 6.07) is -1.21. The van der Waals surface area contributed by atoms with Crippen molar-refractivity contribution >= 4 is 24.2 Å². The van der Waals surface area contributed by atoms with Gasteiger partial charge < -0.3 is 35.7 Å². The second-order valence-electron chi connectivity index (χ2n) is 8.02. The zero-order valence-corrected chi connectivity index (χ0v) is 17.5. The van der Waals surface area contributed by atoms with Gasteiger partial charge in [-0.1, -0.05) is 0 Å². The number of ether oxygens (including phenoxy) is 2. The molecule has 10 heteroatoms. The number of aliphatic hydroxyl groups excluding tert-OH is 2. The average Bonchev–Trinajstić information content (AvgIpc) is 3.20. The Morgan fingerprint density at radius 3 is 2.59 bits per heavy atom. The van der Waals surface area contributed by atoms with Gasteiger partial charge >= 0.3 is 5.97 Å². The Balaban J connectivity index is 2.07. The molecule has 0 amide bonds. The van der Waals surface area contributed by atoms with Crippen LogP contribution in [0.4, 0.5) is 5.69 Å². The van der Waals surface area contributed by atoms with Gasteiger partial charge in [-0.15, -0.1) is 0 Å². The maximum Gasteiger partial charge on any atom is 0.313 e. The summed E-state index contributed by atoms with van der Waals surface area (Å²) in [5, 5.41) is 24.1. The van der Waals surface area contributed by atoms with Crippen molar-refractivity contribution in [1.82, 2.24) is 10.3 Å². The average molecular weight is 409 g/mol. The predicted octanol–water partition coefficient (Wildman–Crippen LogP) is 0.369. The number of amidine groups is 1. The smallest absolute Gasteiger partial charge is 0.313 e. The van der Waals surface area contributed by atoms with E-state index in [0.717, 1.165) is 0 Å². The highest BCUT2D eigenvalue weighted by molar-refractivity contribution is 6.01. The lowest BCUT2D eigenvalue weighted by Gasteiger charge is -2.23. The van der Waals surface area contributed by atoms with E-state index in [1.54, 1.807) is 40.9 Å². The molecule has 6 N–H and O–H groups in total. The standard InChI is InChI=1S/C19H31N5O5/c1-9(29-18(27)19(2,3)4)28-8-11-15(25)16(26)13(24-11)10-7-23-14(12(10)21-5)17(20)22-6/h7,9,11,13,15-16,23-26H,5,8H2,1-4,6H3,(H2,20,22)/t9?,11-,13+,15-,16+/m1/s1. The second kappa shape index (κ2) is 9.04. The minimum Gasteiger partial charge on any atom is -0.436 e. The van der Waals surface area contributed by atoms with Gasteiger partial charge in [0.15, 0.2) is 6.29 Å². The van der Waals surface area contributed by atoms with E-state index >= 15 is 0 Å². The first kappa shape index (κ1) is 23.0. The first-order valence-electron chi connectivity index (χ1n) is 9.36. The Kier molecular flexibility index (Phi) is 7.17. The van der Waals surface area contributed by atoms with Gasteiger partial charge in [-0.25, -0.2) is 0 Å². The number of nitrogens with zero attached hydrogens (tertiary/aromatic N) is 2. The summed E-state index contributed by atoms with van der Waals surface area (Å²) in [7, 11) is 1.55. The lowest BCUT2D eigenvalue weighted by atomic mass is 9.97. The van der Waals surface area contributed by atoms with E-state index < -0.39 is 36.0 Å². The Hall–Kier alpha value is -2.27. The van der Waals surface area contributed by atoms with Crippen LogP contribution in [-0.4, -0.2) is 71.9 Å². The maximum atomic E-state index is 11.9. The van der Waals surface area contributed by atoms with Crippen molar-refractivity contribution in [2.45, 2.75) is 58.3 Å². The normalized spacial score (nSPS) is 26.4. The summed E-state index contributed by atoms with van der Waals surface area (Å²) in [4.78, 5) is 22.8. The van der Waals surface area contributed by atoms with E-state index in [-0.39, 0.29) is 18.4 Å². The minimum atomic E-state index is -1.11. The lowest BCUT2D eigenvalue weighted by molar-refractivity contribution is -0.185. The SMILES string of the molecule is C=Nc1c([C@@H]2N[C@H](COC(C)OC(=O)C(C)(C)C)[C@@H](O)[C@H]2O)c[nH]c1C(N)=NC. The molecule has 29 heavy (non-hydrogen) atoms. The number of carbonyl (C=O) groups excluding carboxylic acids is 1. The molecule has 162 valence electrons. The van der Waals surface area contributed by atoms with Gasteiger partial charge in [0.05, 0.1) is 35.9 Å². The van der Waals surface area contributed by atoms with Gasteiger partial charge in [0, 0.05) is 18.8 Å². The summed E-state index contributed by atoms with van der Waals surface area (Å²) in [6.45, 7) is 10.4.